The van der Waals surface area contributed by atoms with Crippen LogP contribution in [0.3, 0.4) is 0 Å². The molecule has 0 radical (unpaired) electrons. The quantitative estimate of drug-likeness (QED) is 0.888. The first-order valence-corrected chi connectivity index (χ1v) is 8.24. The molecule has 2 fully saturated rings. The van der Waals surface area contributed by atoms with Gasteiger partial charge in [-0.25, -0.2) is 0 Å². The lowest BCUT2D eigenvalue weighted by Crippen LogP contribution is -2.36. The molecule has 7 heteroatoms. The van der Waals surface area contributed by atoms with Gasteiger partial charge < -0.3 is 10.1 Å². The van der Waals surface area contributed by atoms with Crippen molar-refractivity contribution in [3.05, 3.63) is 11.9 Å². The van der Waals surface area contributed by atoms with Crippen molar-refractivity contribution in [1.82, 2.24) is 9.78 Å². The van der Waals surface area contributed by atoms with Crippen molar-refractivity contribution in [2.24, 2.45) is 5.92 Å². The molecule has 130 valence electrons. The van der Waals surface area contributed by atoms with Crippen LogP contribution in [0.1, 0.15) is 51.1 Å². The minimum atomic E-state index is -4.24. The highest BCUT2D eigenvalue weighted by Gasteiger charge is 2.33. The van der Waals surface area contributed by atoms with Gasteiger partial charge >= 0.3 is 6.18 Å². The van der Waals surface area contributed by atoms with Crippen LogP contribution in [0.5, 0.6) is 0 Å². The number of halogens is 3. The smallest absolute Gasteiger partial charge is 0.382 e. The van der Waals surface area contributed by atoms with Gasteiger partial charge in [-0.2, -0.15) is 18.3 Å². The lowest BCUT2D eigenvalue weighted by Gasteiger charge is -2.35. The molecule has 0 spiro atoms. The molecule has 1 unspecified atom stereocenters. The summed E-state index contributed by atoms with van der Waals surface area (Å²) in [5.41, 5.74) is 1.44. The highest BCUT2D eigenvalue weighted by atomic mass is 19.4. The maximum absolute atomic E-state index is 12.6. The minimum absolute atomic E-state index is 0.121. The summed E-state index contributed by atoms with van der Waals surface area (Å²) in [4.78, 5) is 0. The summed E-state index contributed by atoms with van der Waals surface area (Å²) in [7, 11) is 0. The molecular weight excluding hydrogens is 307 g/mol. The number of rotatable bonds is 5. The van der Waals surface area contributed by atoms with Crippen LogP contribution in [0.2, 0.25) is 0 Å². The maximum Gasteiger partial charge on any atom is 0.408 e. The fourth-order valence-electron chi connectivity index (χ4n) is 3.28. The predicted molar refractivity (Wildman–Crippen MR) is 81.5 cm³/mol. The number of anilines is 1. The van der Waals surface area contributed by atoms with E-state index in [0.29, 0.717) is 11.8 Å². The normalized spacial score (nSPS) is 24.7. The molecule has 1 aliphatic carbocycles. The summed E-state index contributed by atoms with van der Waals surface area (Å²) in [6, 6.07) is 0. The fourth-order valence-corrected chi connectivity index (χ4v) is 3.28. The van der Waals surface area contributed by atoms with E-state index in [-0.39, 0.29) is 5.60 Å². The first-order chi connectivity index (χ1) is 10.7. The topological polar surface area (TPSA) is 39.1 Å². The zero-order chi connectivity index (χ0) is 16.7. The number of ether oxygens (including phenoxy) is 1. The molecule has 23 heavy (non-hydrogen) atoms. The molecule has 1 atom stereocenters. The molecule has 1 aliphatic heterocycles. The average Bonchev–Trinajstić information content (AvgIpc) is 3.17. The molecule has 1 N–H and O–H groups in total. The van der Waals surface area contributed by atoms with E-state index in [2.05, 4.69) is 24.3 Å². The maximum atomic E-state index is 12.6. The Balaban J connectivity index is 1.64. The third-order valence-corrected chi connectivity index (χ3v) is 4.48. The highest BCUT2D eigenvalue weighted by Crippen LogP contribution is 2.43. The number of hydrogen-bond donors (Lipinski definition) is 1. The monoisotopic (exact) mass is 331 g/mol. The molecule has 0 bridgehead atoms. The van der Waals surface area contributed by atoms with Gasteiger partial charge in [0.05, 0.1) is 17.0 Å². The second kappa shape index (κ2) is 6.00. The van der Waals surface area contributed by atoms with E-state index < -0.39 is 12.7 Å². The van der Waals surface area contributed by atoms with Crippen LogP contribution in [0.15, 0.2) is 6.20 Å². The molecular formula is C16H24F3N3O. The van der Waals surface area contributed by atoms with E-state index in [1.807, 2.05) is 0 Å². The Morgan fingerprint density at radius 2 is 2.09 bits per heavy atom. The van der Waals surface area contributed by atoms with Crippen LogP contribution in [-0.4, -0.2) is 34.7 Å². The number of nitrogens with zero attached hydrogens (tertiary/aromatic N) is 2. The molecule has 2 aliphatic rings. The van der Waals surface area contributed by atoms with Crippen LogP contribution in [0, 0.1) is 5.92 Å². The van der Waals surface area contributed by atoms with E-state index in [4.69, 9.17) is 4.74 Å². The molecule has 2 heterocycles. The molecule has 0 amide bonds. The van der Waals surface area contributed by atoms with E-state index in [9.17, 15) is 13.2 Å². The molecule has 1 saturated heterocycles. The van der Waals surface area contributed by atoms with E-state index in [1.165, 1.54) is 6.20 Å². The Morgan fingerprint density at radius 3 is 2.70 bits per heavy atom. The third-order valence-electron chi connectivity index (χ3n) is 4.48. The van der Waals surface area contributed by atoms with E-state index in [0.717, 1.165) is 54.9 Å². The van der Waals surface area contributed by atoms with Gasteiger partial charge in [0.1, 0.15) is 6.54 Å². The Kier molecular flexibility index (Phi) is 4.33. The van der Waals surface area contributed by atoms with Crippen molar-refractivity contribution in [1.29, 1.82) is 0 Å². The van der Waals surface area contributed by atoms with Crippen LogP contribution >= 0.6 is 0 Å². The standard InChI is InChI=1S/C16H24F3N3O/c1-15(2)7-11(5-6-23-15)8-20-13-9-22(10-16(17,18)19)21-14(13)12-3-4-12/h9,11-12,20H,3-8,10H2,1-2H3. The van der Waals surface area contributed by atoms with E-state index >= 15 is 0 Å². The Bertz CT molecular complexity index is 549. The summed E-state index contributed by atoms with van der Waals surface area (Å²) in [5, 5.41) is 7.50. The van der Waals surface area contributed by atoms with Crippen molar-refractivity contribution < 1.29 is 17.9 Å². The van der Waals surface area contributed by atoms with Crippen molar-refractivity contribution in [2.45, 2.75) is 63.8 Å². The van der Waals surface area contributed by atoms with Crippen molar-refractivity contribution >= 4 is 5.69 Å². The Morgan fingerprint density at radius 1 is 1.35 bits per heavy atom. The third kappa shape index (κ3) is 4.62. The molecule has 3 rings (SSSR count). The van der Waals surface area contributed by atoms with Gasteiger partial charge in [-0.1, -0.05) is 0 Å². The van der Waals surface area contributed by atoms with Gasteiger partial charge in [0.2, 0.25) is 0 Å². The Labute approximate surface area is 134 Å². The summed E-state index contributed by atoms with van der Waals surface area (Å²) in [5.74, 6) is 0.787. The zero-order valence-electron chi connectivity index (χ0n) is 13.6. The van der Waals surface area contributed by atoms with Gasteiger partial charge in [0.25, 0.3) is 0 Å². The highest BCUT2D eigenvalue weighted by molar-refractivity contribution is 5.49. The summed E-state index contributed by atoms with van der Waals surface area (Å²) in [6.07, 6.45) is 1.23. The SMILES string of the molecule is CC1(C)CC(CNc2cn(CC(F)(F)F)nc2C2CC2)CCO1. The van der Waals surface area contributed by atoms with Crippen LogP contribution in [0.25, 0.3) is 0 Å². The fraction of sp³-hybridized carbons (Fsp3) is 0.812. The van der Waals surface area contributed by atoms with Crippen LogP contribution in [-0.2, 0) is 11.3 Å². The van der Waals surface area contributed by atoms with Crippen molar-refractivity contribution in [2.75, 3.05) is 18.5 Å². The lowest BCUT2D eigenvalue weighted by atomic mass is 9.88. The second-order valence-electron chi connectivity index (χ2n) is 7.36. The van der Waals surface area contributed by atoms with Gasteiger partial charge in [0, 0.05) is 25.3 Å². The van der Waals surface area contributed by atoms with Crippen LogP contribution in [0.4, 0.5) is 18.9 Å². The van der Waals surface area contributed by atoms with Crippen LogP contribution < -0.4 is 5.32 Å². The van der Waals surface area contributed by atoms with Gasteiger partial charge in [-0.15, -0.1) is 0 Å². The number of hydrogen-bond acceptors (Lipinski definition) is 3. The Hall–Kier alpha value is -1.24. The number of nitrogens with one attached hydrogen (secondary N) is 1. The summed E-state index contributed by atoms with van der Waals surface area (Å²) < 4.78 is 44.4. The second-order valence-corrected chi connectivity index (χ2v) is 7.36. The summed E-state index contributed by atoms with van der Waals surface area (Å²) in [6.45, 7) is 4.62. The first-order valence-electron chi connectivity index (χ1n) is 8.24. The largest absolute Gasteiger partial charge is 0.408 e. The molecule has 1 saturated carbocycles. The van der Waals surface area contributed by atoms with Crippen molar-refractivity contribution in [3.63, 3.8) is 0 Å². The molecule has 1 aromatic rings. The van der Waals surface area contributed by atoms with Crippen molar-refractivity contribution in [3.8, 4) is 0 Å². The molecule has 4 nitrogen and oxygen atoms in total. The number of aromatic nitrogens is 2. The molecule has 1 aromatic heterocycles. The predicted octanol–water partition coefficient (Wildman–Crippen LogP) is 3.94. The van der Waals surface area contributed by atoms with Gasteiger partial charge in [-0.05, 0) is 45.4 Å². The van der Waals surface area contributed by atoms with Gasteiger partial charge in [-0.3, -0.25) is 4.68 Å². The average molecular weight is 331 g/mol. The minimum Gasteiger partial charge on any atom is -0.382 e. The number of alkyl halides is 3. The first kappa shape index (κ1) is 16.6. The lowest BCUT2D eigenvalue weighted by molar-refractivity contribution is -0.142. The molecule has 0 aromatic carbocycles. The summed E-state index contributed by atoms with van der Waals surface area (Å²) >= 11 is 0. The van der Waals surface area contributed by atoms with E-state index in [1.54, 1.807) is 0 Å². The van der Waals surface area contributed by atoms with Gasteiger partial charge in [0.15, 0.2) is 0 Å². The zero-order valence-corrected chi connectivity index (χ0v) is 13.6.